The van der Waals surface area contributed by atoms with Crippen molar-refractivity contribution in [3.8, 4) is 16.5 Å². The number of thiophene rings is 1. The Bertz CT molecular complexity index is 893. The summed E-state index contributed by atoms with van der Waals surface area (Å²) in [6.45, 7) is 0.441. The van der Waals surface area contributed by atoms with E-state index in [9.17, 15) is 14.0 Å². The van der Waals surface area contributed by atoms with Gasteiger partial charge in [0.05, 0.1) is 4.34 Å². The van der Waals surface area contributed by atoms with Gasteiger partial charge in [-0.3, -0.25) is 0 Å². The van der Waals surface area contributed by atoms with Gasteiger partial charge in [0.25, 0.3) is 5.92 Å². The Balaban J connectivity index is 1.87. The molecule has 2 aromatic rings. The molecule has 0 radical (unpaired) electrons. The highest BCUT2D eigenvalue weighted by Crippen LogP contribution is 2.42. The van der Waals surface area contributed by atoms with E-state index in [2.05, 4.69) is 6.07 Å². The van der Waals surface area contributed by atoms with Crippen molar-refractivity contribution >= 4 is 28.8 Å². The number of aryl methyl sites for hydroxylation is 1. The van der Waals surface area contributed by atoms with Gasteiger partial charge >= 0.3 is 0 Å². The largest absolute Gasteiger partial charge is 0.355 e. The van der Waals surface area contributed by atoms with Crippen LogP contribution in [0, 0.1) is 11.3 Å². The average molecular weight is 408 g/mol. The van der Waals surface area contributed by atoms with Gasteiger partial charge in [-0.1, -0.05) is 18.0 Å². The van der Waals surface area contributed by atoms with Crippen LogP contribution in [0.3, 0.4) is 0 Å². The fourth-order valence-corrected chi connectivity index (χ4v) is 5.13. The lowest BCUT2D eigenvalue weighted by Gasteiger charge is -2.34. The molecule has 1 saturated heterocycles. The summed E-state index contributed by atoms with van der Waals surface area (Å²) in [5, 5.41) is 9.98. The Kier molecular flexibility index (Phi) is 5.09. The number of nitrogens with zero attached hydrogens (tertiary/aromatic N) is 3. The van der Waals surface area contributed by atoms with Gasteiger partial charge in [0.15, 0.2) is 0 Å². The number of hydrogen-bond donors (Lipinski definition) is 0. The Morgan fingerprint density at radius 2 is 1.89 bits per heavy atom. The van der Waals surface area contributed by atoms with Crippen molar-refractivity contribution in [2.75, 3.05) is 18.0 Å². The van der Waals surface area contributed by atoms with Gasteiger partial charge in [-0.2, -0.15) is 5.26 Å². The van der Waals surface area contributed by atoms with Crippen molar-refractivity contribution < 1.29 is 8.78 Å². The minimum Gasteiger partial charge on any atom is -0.355 e. The maximum Gasteiger partial charge on any atom is 0.251 e. The highest BCUT2D eigenvalue weighted by molar-refractivity contribution is 7.19. The van der Waals surface area contributed by atoms with Crippen LogP contribution in [0.15, 0.2) is 12.1 Å². The molecule has 0 spiro atoms. The molecule has 2 aliphatic rings. The molecule has 1 fully saturated rings. The number of halogens is 3. The predicted molar refractivity (Wildman–Crippen MR) is 105 cm³/mol. The molecule has 3 nitrogen and oxygen atoms in total. The third kappa shape index (κ3) is 3.68. The molecule has 4 rings (SSSR count). The van der Waals surface area contributed by atoms with Crippen molar-refractivity contribution in [2.45, 2.75) is 50.9 Å². The van der Waals surface area contributed by atoms with E-state index in [4.69, 9.17) is 16.6 Å². The van der Waals surface area contributed by atoms with Crippen LogP contribution in [0.5, 0.6) is 0 Å². The van der Waals surface area contributed by atoms with E-state index in [1.807, 2.05) is 17.0 Å². The fourth-order valence-electron chi connectivity index (χ4n) is 4.01. The van der Waals surface area contributed by atoms with Crippen LogP contribution in [0.2, 0.25) is 4.34 Å². The van der Waals surface area contributed by atoms with Crippen LogP contribution in [0.4, 0.5) is 14.6 Å². The SMILES string of the molecule is N#Cc1c(N2CCC(F)(F)CC2)nc2c(c1-c1ccc(Cl)s1)CCCCC2. The zero-order chi connectivity index (χ0) is 19.0. The van der Waals surface area contributed by atoms with Gasteiger partial charge in [0, 0.05) is 42.1 Å². The molecular formula is C20H20ClF2N3S. The third-order valence-electron chi connectivity index (χ3n) is 5.43. The number of rotatable bonds is 2. The molecule has 0 atom stereocenters. The smallest absolute Gasteiger partial charge is 0.251 e. The summed E-state index contributed by atoms with van der Waals surface area (Å²) in [6, 6.07) is 6.12. The molecule has 2 aromatic heterocycles. The molecule has 0 bridgehead atoms. The van der Waals surface area contributed by atoms with E-state index in [1.54, 1.807) is 0 Å². The summed E-state index contributed by atoms with van der Waals surface area (Å²) in [5.41, 5.74) is 3.56. The first-order chi connectivity index (χ1) is 13.0. The number of fused-ring (bicyclic) bond motifs is 1. The second kappa shape index (κ2) is 7.37. The first-order valence-corrected chi connectivity index (χ1v) is 10.5. The summed E-state index contributed by atoms with van der Waals surface area (Å²) in [4.78, 5) is 7.66. The van der Waals surface area contributed by atoms with E-state index in [1.165, 1.54) is 11.3 Å². The van der Waals surface area contributed by atoms with Crippen LogP contribution in [-0.2, 0) is 12.8 Å². The summed E-state index contributed by atoms with van der Waals surface area (Å²) in [5.74, 6) is -2.06. The molecule has 142 valence electrons. The van der Waals surface area contributed by atoms with Crippen LogP contribution >= 0.6 is 22.9 Å². The molecule has 0 aromatic carbocycles. The zero-order valence-corrected chi connectivity index (χ0v) is 16.5. The molecule has 3 heterocycles. The lowest BCUT2D eigenvalue weighted by Crippen LogP contribution is -2.40. The Morgan fingerprint density at radius 3 is 2.56 bits per heavy atom. The number of pyridine rings is 1. The second-order valence-electron chi connectivity index (χ2n) is 7.23. The highest BCUT2D eigenvalue weighted by Gasteiger charge is 2.36. The van der Waals surface area contributed by atoms with Gasteiger partial charge in [0.1, 0.15) is 17.5 Å². The number of hydrogen-bond acceptors (Lipinski definition) is 4. The normalized spacial score (nSPS) is 19.3. The summed E-state index contributed by atoms with van der Waals surface area (Å²) in [6.07, 6.45) is 4.63. The zero-order valence-electron chi connectivity index (χ0n) is 14.9. The maximum absolute atomic E-state index is 13.6. The Hall–Kier alpha value is -1.71. The predicted octanol–water partition coefficient (Wildman–Crippen LogP) is 5.84. The molecule has 7 heteroatoms. The lowest BCUT2D eigenvalue weighted by atomic mass is 9.95. The molecule has 0 amide bonds. The summed E-state index contributed by atoms with van der Waals surface area (Å²) in [7, 11) is 0. The first kappa shape index (κ1) is 18.6. The third-order valence-corrected chi connectivity index (χ3v) is 6.68. The Labute approximate surface area is 166 Å². The molecule has 0 unspecified atom stereocenters. The van der Waals surface area contributed by atoms with E-state index >= 15 is 0 Å². The van der Waals surface area contributed by atoms with Crippen LogP contribution in [-0.4, -0.2) is 24.0 Å². The molecule has 0 N–H and O–H groups in total. The summed E-state index contributed by atoms with van der Waals surface area (Å²) >= 11 is 7.62. The van der Waals surface area contributed by atoms with Crippen molar-refractivity contribution in [2.24, 2.45) is 0 Å². The highest BCUT2D eigenvalue weighted by atomic mass is 35.5. The first-order valence-electron chi connectivity index (χ1n) is 9.33. The standard InChI is InChI=1S/C20H20ClF2N3S/c21-17-7-6-16(27-17)18-13-4-2-1-3-5-15(13)25-19(14(18)12-24)26-10-8-20(22,23)9-11-26/h6-7H,1-5,8-11H2. The maximum atomic E-state index is 13.6. The van der Waals surface area contributed by atoms with Crippen LogP contribution in [0.1, 0.15) is 48.9 Å². The molecular weight excluding hydrogens is 388 g/mol. The van der Waals surface area contributed by atoms with E-state index in [-0.39, 0.29) is 25.9 Å². The number of anilines is 1. The topological polar surface area (TPSA) is 39.9 Å². The Morgan fingerprint density at radius 1 is 1.15 bits per heavy atom. The molecule has 1 aliphatic heterocycles. The van der Waals surface area contributed by atoms with Crippen molar-refractivity contribution in [3.63, 3.8) is 0 Å². The van der Waals surface area contributed by atoms with Crippen molar-refractivity contribution in [1.29, 1.82) is 5.26 Å². The van der Waals surface area contributed by atoms with E-state index in [0.717, 1.165) is 53.8 Å². The minimum atomic E-state index is -2.63. The average Bonchev–Trinajstić information content (AvgIpc) is 2.93. The van der Waals surface area contributed by atoms with E-state index < -0.39 is 5.92 Å². The van der Waals surface area contributed by atoms with Gasteiger partial charge in [-0.15, -0.1) is 11.3 Å². The van der Waals surface area contributed by atoms with Gasteiger partial charge in [-0.25, -0.2) is 13.8 Å². The van der Waals surface area contributed by atoms with Gasteiger partial charge in [-0.05, 0) is 43.4 Å². The van der Waals surface area contributed by atoms with Crippen LogP contribution in [0.25, 0.3) is 10.4 Å². The second-order valence-corrected chi connectivity index (χ2v) is 8.94. The quantitative estimate of drug-likeness (QED) is 0.587. The molecule has 27 heavy (non-hydrogen) atoms. The number of aromatic nitrogens is 1. The molecule has 1 aliphatic carbocycles. The minimum absolute atomic E-state index is 0.198. The number of alkyl halides is 2. The lowest BCUT2D eigenvalue weighted by molar-refractivity contribution is -0.0221. The van der Waals surface area contributed by atoms with Crippen molar-refractivity contribution in [1.82, 2.24) is 4.98 Å². The summed E-state index contributed by atoms with van der Waals surface area (Å²) < 4.78 is 27.9. The van der Waals surface area contributed by atoms with Crippen molar-refractivity contribution in [3.05, 3.63) is 33.3 Å². The number of nitriles is 1. The van der Waals surface area contributed by atoms with Crippen LogP contribution < -0.4 is 4.90 Å². The monoisotopic (exact) mass is 407 g/mol. The molecule has 0 saturated carbocycles. The number of piperidine rings is 1. The van der Waals surface area contributed by atoms with Gasteiger partial charge in [0.2, 0.25) is 0 Å². The van der Waals surface area contributed by atoms with Gasteiger partial charge < -0.3 is 4.90 Å². The fraction of sp³-hybridized carbons (Fsp3) is 0.500. The van der Waals surface area contributed by atoms with E-state index in [0.29, 0.717) is 15.7 Å².